The SMILES string of the molecule is CC(c1nc(C2(N)CCCC2)no1)C(C)(C)C.Cl. The molecule has 18 heavy (non-hydrogen) atoms. The van der Waals surface area contributed by atoms with E-state index in [2.05, 4.69) is 37.8 Å². The van der Waals surface area contributed by atoms with Crippen molar-refractivity contribution in [3.8, 4) is 0 Å². The van der Waals surface area contributed by atoms with Gasteiger partial charge in [-0.1, -0.05) is 45.7 Å². The zero-order valence-corrected chi connectivity index (χ0v) is 12.5. The molecule has 0 radical (unpaired) electrons. The molecule has 2 rings (SSSR count). The Hall–Kier alpha value is -0.610. The Morgan fingerprint density at radius 1 is 1.28 bits per heavy atom. The lowest BCUT2D eigenvalue weighted by molar-refractivity contribution is 0.260. The largest absolute Gasteiger partial charge is 0.339 e. The van der Waals surface area contributed by atoms with Crippen molar-refractivity contribution in [2.45, 2.75) is 64.8 Å². The summed E-state index contributed by atoms with van der Waals surface area (Å²) in [6.07, 6.45) is 4.26. The molecule has 1 unspecified atom stereocenters. The predicted octanol–water partition coefficient (Wildman–Crippen LogP) is 3.37. The van der Waals surface area contributed by atoms with E-state index in [1.54, 1.807) is 0 Å². The van der Waals surface area contributed by atoms with Crippen LogP contribution in [-0.4, -0.2) is 10.1 Å². The molecule has 1 aromatic rings. The maximum absolute atomic E-state index is 6.32. The Balaban J connectivity index is 0.00000162. The predicted molar refractivity (Wildman–Crippen MR) is 73.7 cm³/mol. The summed E-state index contributed by atoms with van der Waals surface area (Å²) in [7, 11) is 0. The molecular formula is C13H24ClN3O. The van der Waals surface area contributed by atoms with E-state index in [1.807, 2.05) is 0 Å². The minimum Gasteiger partial charge on any atom is -0.339 e. The van der Waals surface area contributed by atoms with E-state index in [9.17, 15) is 0 Å². The van der Waals surface area contributed by atoms with Crippen LogP contribution in [0, 0.1) is 5.41 Å². The standard InChI is InChI=1S/C13H23N3O.ClH/c1-9(12(2,3)4)10-15-11(16-17-10)13(14)7-5-6-8-13;/h9H,5-8,14H2,1-4H3;1H. The van der Waals surface area contributed by atoms with Gasteiger partial charge in [-0.25, -0.2) is 0 Å². The lowest BCUT2D eigenvalue weighted by Gasteiger charge is -2.23. The monoisotopic (exact) mass is 273 g/mol. The number of nitrogens with zero attached hydrogens (tertiary/aromatic N) is 2. The third-order valence-corrected chi connectivity index (χ3v) is 4.05. The van der Waals surface area contributed by atoms with Crippen LogP contribution in [0.4, 0.5) is 0 Å². The summed E-state index contributed by atoms with van der Waals surface area (Å²) in [6.45, 7) is 8.65. The van der Waals surface area contributed by atoms with Crippen LogP contribution < -0.4 is 5.73 Å². The second-order valence-corrected chi connectivity index (χ2v) is 6.41. The highest BCUT2D eigenvalue weighted by molar-refractivity contribution is 5.85. The molecule has 1 atom stereocenters. The average molecular weight is 274 g/mol. The molecule has 1 saturated carbocycles. The van der Waals surface area contributed by atoms with Gasteiger partial charge >= 0.3 is 0 Å². The van der Waals surface area contributed by atoms with Gasteiger partial charge in [-0.3, -0.25) is 0 Å². The summed E-state index contributed by atoms with van der Waals surface area (Å²) >= 11 is 0. The summed E-state index contributed by atoms with van der Waals surface area (Å²) < 4.78 is 5.39. The van der Waals surface area contributed by atoms with E-state index in [-0.39, 0.29) is 29.3 Å². The summed E-state index contributed by atoms with van der Waals surface area (Å²) in [5.41, 5.74) is 6.10. The molecule has 4 nitrogen and oxygen atoms in total. The van der Waals surface area contributed by atoms with Gasteiger partial charge in [-0.2, -0.15) is 4.98 Å². The van der Waals surface area contributed by atoms with Crippen molar-refractivity contribution in [2.75, 3.05) is 0 Å². The molecule has 1 aliphatic carbocycles. The van der Waals surface area contributed by atoms with Gasteiger partial charge in [0.1, 0.15) is 0 Å². The van der Waals surface area contributed by atoms with Gasteiger partial charge in [-0.15, -0.1) is 12.4 Å². The lowest BCUT2D eigenvalue weighted by atomic mass is 9.82. The maximum Gasteiger partial charge on any atom is 0.230 e. The van der Waals surface area contributed by atoms with Gasteiger partial charge in [0, 0.05) is 5.92 Å². The van der Waals surface area contributed by atoms with E-state index in [4.69, 9.17) is 10.3 Å². The van der Waals surface area contributed by atoms with Crippen molar-refractivity contribution < 1.29 is 4.52 Å². The first-order valence-corrected chi connectivity index (χ1v) is 6.46. The average Bonchev–Trinajstić information content (AvgIpc) is 2.84. The number of rotatable bonds is 2. The van der Waals surface area contributed by atoms with Crippen molar-refractivity contribution in [3.63, 3.8) is 0 Å². The van der Waals surface area contributed by atoms with Gasteiger partial charge in [-0.05, 0) is 18.3 Å². The Morgan fingerprint density at radius 3 is 2.33 bits per heavy atom. The minimum atomic E-state index is -0.348. The topological polar surface area (TPSA) is 64.9 Å². The first kappa shape index (κ1) is 15.4. The van der Waals surface area contributed by atoms with Crippen molar-refractivity contribution >= 4 is 12.4 Å². The smallest absolute Gasteiger partial charge is 0.230 e. The van der Waals surface area contributed by atoms with Gasteiger partial charge in [0.2, 0.25) is 5.89 Å². The van der Waals surface area contributed by atoms with E-state index in [0.29, 0.717) is 11.7 Å². The third kappa shape index (κ3) is 2.86. The van der Waals surface area contributed by atoms with Gasteiger partial charge in [0.05, 0.1) is 5.54 Å². The molecule has 1 heterocycles. The molecule has 1 aromatic heterocycles. The van der Waals surface area contributed by atoms with Crippen LogP contribution in [0.25, 0.3) is 0 Å². The Kier molecular flexibility index (Phi) is 4.44. The van der Waals surface area contributed by atoms with Crippen LogP contribution in [0.3, 0.4) is 0 Å². The summed E-state index contributed by atoms with van der Waals surface area (Å²) in [5, 5.41) is 4.09. The molecule has 5 heteroatoms. The molecule has 0 bridgehead atoms. The number of halogens is 1. The maximum atomic E-state index is 6.32. The quantitative estimate of drug-likeness (QED) is 0.897. The fourth-order valence-corrected chi connectivity index (χ4v) is 2.21. The van der Waals surface area contributed by atoms with Crippen LogP contribution in [0.1, 0.15) is 71.0 Å². The zero-order chi connectivity index (χ0) is 12.7. The molecule has 0 aliphatic heterocycles. The number of nitrogens with two attached hydrogens (primary N) is 1. The molecule has 2 N–H and O–H groups in total. The molecule has 1 aliphatic rings. The molecule has 0 spiro atoms. The van der Waals surface area contributed by atoms with Crippen molar-refractivity contribution in [3.05, 3.63) is 11.7 Å². The third-order valence-electron chi connectivity index (χ3n) is 4.05. The number of hydrogen-bond acceptors (Lipinski definition) is 4. The normalized spacial score (nSPS) is 20.5. The molecule has 0 aromatic carbocycles. The van der Waals surface area contributed by atoms with Crippen LogP contribution in [0.5, 0.6) is 0 Å². The highest BCUT2D eigenvalue weighted by atomic mass is 35.5. The van der Waals surface area contributed by atoms with E-state index in [1.165, 1.54) is 0 Å². The van der Waals surface area contributed by atoms with Crippen LogP contribution in [0.2, 0.25) is 0 Å². The Morgan fingerprint density at radius 2 is 1.83 bits per heavy atom. The Bertz CT molecular complexity index is 391. The minimum absolute atomic E-state index is 0. The Labute approximate surface area is 115 Å². The van der Waals surface area contributed by atoms with Crippen LogP contribution in [-0.2, 0) is 5.54 Å². The molecular weight excluding hydrogens is 250 g/mol. The number of hydrogen-bond donors (Lipinski definition) is 1. The molecule has 104 valence electrons. The van der Waals surface area contributed by atoms with Crippen molar-refractivity contribution in [1.29, 1.82) is 0 Å². The van der Waals surface area contributed by atoms with Crippen LogP contribution >= 0.6 is 12.4 Å². The zero-order valence-electron chi connectivity index (χ0n) is 11.7. The summed E-state index contributed by atoms with van der Waals surface area (Å²) in [4.78, 5) is 4.53. The van der Waals surface area contributed by atoms with Crippen molar-refractivity contribution in [2.24, 2.45) is 11.1 Å². The first-order chi connectivity index (χ1) is 7.83. The van der Waals surface area contributed by atoms with Crippen molar-refractivity contribution in [1.82, 2.24) is 10.1 Å². The van der Waals surface area contributed by atoms with Crippen LogP contribution in [0.15, 0.2) is 4.52 Å². The van der Waals surface area contributed by atoms with Gasteiger partial charge < -0.3 is 10.3 Å². The van der Waals surface area contributed by atoms with Gasteiger partial charge in [0.25, 0.3) is 0 Å². The number of aromatic nitrogens is 2. The van der Waals surface area contributed by atoms with E-state index >= 15 is 0 Å². The molecule has 0 amide bonds. The fourth-order valence-electron chi connectivity index (χ4n) is 2.21. The molecule has 1 fully saturated rings. The van der Waals surface area contributed by atoms with Gasteiger partial charge in [0.15, 0.2) is 5.82 Å². The second kappa shape index (κ2) is 5.17. The summed E-state index contributed by atoms with van der Waals surface area (Å²) in [5.74, 6) is 1.65. The lowest BCUT2D eigenvalue weighted by Crippen LogP contribution is -2.34. The highest BCUT2D eigenvalue weighted by Crippen LogP contribution is 2.37. The fraction of sp³-hybridized carbons (Fsp3) is 0.846. The highest BCUT2D eigenvalue weighted by Gasteiger charge is 2.37. The molecule has 0 saturated heterocycles. The second-order valence-electron chi connectivity index (χ2n) is 6.41. The first-order valence-electron chi connectivity index (χ1n) is 6.46. The summed E-state index contributed by atoms with van der Waals surface area (Å²) in [6, 6.07) is 0. The van der Waals surface area contributed by atoms with E-state index < -0.39 is 0 Å². The van der Waals surface area contributed by atoms with E-state index in [0.717, 1.165) is 25.7 Å².